The van der Waals surface area contributed by atoms with Gasteiger partial charge in [0.15, 0.2) is 0 Å². The van der Waals surface area contributed by atoms with Gasteiger partial charge in [-0.1, -0.05) is 17.7 Å². The average molecular weight is 239 g/mol. The number of rotatable bonds is 3. The highest BCUT2D eigenvalue weighted by Crippen LogP contribution is 2.32. The van der Waals surface area contributed by atoms with E-state index in [1.165, 1.54) is 11.1 Å². The molecule has 1 aromatic carbocycles. The summed E-state index contributed by atoms with van der Waals surface area (Å²) in [7, 11) is 1.64. The van der Waals surface area contributed by atoms with Crippen molar-refractivity contribution in [2.75, 3.05) is 13.6 Å². The molecule has 0 heterocycles. The van der Waals surface area contributed by atoms with Gasteiger partial charge in [0.1, 0.15) is 0 Å². The highest BCUT2D eigenvalue weighted by atomic mass is 35.5. The van der Waals surface area contributed by atoms with E-state index in [4.69, 9.17) is 11.6 Å². The summed E-state index contributed by atoms with van der Waals surface area (Å²) in [5.41, 5.74) is 2.57. The Bertz CT molecular complexity index is 406. The van der Waals surface area contributed by atoms with Crippen LogP contribution in [0.4, 0.5) is 0 Å². The van der Waals surface area contributed by atoms with Crippen molar-refractivity contribution in [2.45, 2.75) is 18.9 Å². The first-order chi connectivity index (χ1) is 7.70. The van der Waals surface area contributed by atoms with E-state index >= 15 is 0 Å². The minimum atomic E-state index is 0.00970. The van der Waals surface area contributed by atoms with Gasteiger partial charge in [0, 0.05) is 18.1 Å². The van der Waals surface area contributed by atoms with Crippen molar-refractivity contribution >= 4 is 17.5 Å². The third-order valence-electron chi connectivity index (χ3n) is 2.97. The number of benzene rings is 1. The van der Waals surface area contributed by atoms with E-state index in [-0.39, 0.29) is 11.9 Å². The SMILES string of the molecule is CNC(=O)CNC1CCc2ccc(Cl)cc21. The monoisotopic (exact) mass is 238 g/mol. The summed E-state index contributed by atoms with van der Waals surface area (Å²) in [5, 5.41) is 6.60. The first kappa shape index (κ1) is 11.4. The number of fused-ring (bicyclic) bond motifs is 1. The molecule has 0 aliphatic heterocycles. The van der Waals surface area contributed by atoms with Crippen molar-refractivity contribution in [3.63, 3.8) is 0 Å². The van der Waals surface area contributed by atoms with Gasteiger partial charge in [0.05, 0.1) is 6.54 Å². The lowest BCUT2D eigenvalue weighted by Crippen LogP contribution is -2.33. The van der Waals surface area contributed by atoms with Crippen LogP contribution < -0.4 is 10.6 Å². The number of halogens is 1. The van der Waals surface area contributed by atoms with E-state index in [9.17, 15) is 4.79 Å². The van der Waals surface area contributed by atoms with E-state index in [0.29, 0.717) is 6.54 Å². The summed E-state index contributed by atoms with van der Waals surface area (Å²) >= 11 is 5.97. The number of amides is 1. The molecule has 0 bridgehead atoms. The van der Waals surface area contributed by atoms with Crippen LogP contribution in [0.2, 0.25) is 5.02 Å². The summed E-state index contributed by atoms with van der Waals surface area (Å²) in [5.74, 6) is 0.00970. The molecule has 0 spiro atoms. The van der Waals surface area contributed by atoms with Gasteiger partial charge in [0.25, 0.3) is 0 Å². The van der Waals surface area contributed by atoms with Crippen molar-refractivity contribution in [1.82, 2.24) is 10.6 Å². The predicted octanol–water partition coefficient (Wildman–Crippen LogP) is 1.66. The zero-order valence-electron chi connectivity index (χ0n) is 9.22. The van der Waals surface area contributed by atoms with Crippen molar-refractivity contribution < 1.29 is 4.79 Å². The van der Waals surface area contributed by atoms with E-state index < -0.39 is 0 Å². The van der Waals surface area contributed by atoms with Crippen LogP contribution in [0.15, 0.2) is 18.2 Å². The number of likely N-dealkylation sites (N-methyl/N-ethyl adjacent to an activating group) is 1. The summed E-state index contributed by atoms with van der Waals surface area (Å²) < 4.78 is 0. The lowest BCUT2D eigenvalue weighted by Gasteiger charge is -2.13. The molecule has 86 valence electrons. The fraction of sp³-hybridized carbons (Fsp3) is 0.417. The van der Waals surface area contributed by atoms with Crippen molar-refractivity contribution in [1.29, 1.82) is 0 Å². The van der Waals surface area contributed by atoms with Crippen molar-refractivity contribution in [3.05, 3.63) is 34.3 Å². The van der Waals surface area contributed by atoms with Crippen LogP contribution in [0.1, 0.15) is 23.6 Å². The lowest BCUT2D eigenvalue weighted by atomic mass is 10.1. The van der Waals surface area contributed by atoms with Gasteiger partial charge in [-0.15, -0.1) is 0 Å². The standard InChI is InChI=1S/C12H15ClN2O/c1-14-12(16)7-15-11-5-3-8-2-4-9(13)6-10(8)11/h2,4,6,11,15H,3,5,7H2,1H3,(H,14,16). The normalized spacial score (nSPS) is 18.2. The van der Waals surface area contributed by atoms with Crippen LogP contribution in [-0.4, -0.2) is 19.5 Å². The summed E-state index contributed by atoms with van der Waals surface area (Å²) in [6, 6.07) is 6.23. The topological polar surface area (TPSA) is 41.1 Å². The first-order valence-corrected chi connectivity index (χ1v) is 5.81. The second kappa shape index (κ2) is 4.85. The lowest BCUT2D eigenvalue weighted by molar-refractivity contribution is -0.119. The Hall–Kier alpha value is -1.06. The zero-order valence-corrected chi connectivity index (χ0v) is 9.97. The second-order valence-electron chi connectivity index (χ2n) is 3.99. The maximum absolute atomic E-state index is 11.1. The Morgan fingerprint density at radius 1 is 1.56 bits per heavy atom. The van der Waals surface area contributed by atoms with Crippen LogP contribution >= 0.6 is 11.6 Å². The quantitative estimate of drug-likeness (QED) is 0.841. The van der Waals surface area contributed by atoms with Crippen LogP contribution in [0.25, 0.3) is 0 Å². The highest BCUT2D eigenvalue weighted by molar-refractivity contribution is 6.30. The van der Waals surface area contributed by atoms with Crippen LogP contribution in [0.3, 0.4) is 0 Å². The molecule has 1 unspecified atom stereocenters. The number of carbonyl (C=O) groups is 1. The Labute approximate surface area is 100 Å². The number of nitrogens with one attached hydrogen (secondary N) is 2. The van der Waals surface area contributed by atoms with Gasteiger partial charge in [-0.3, -0.25) is 4.79 Å². The third-order valence-corrected chi connectivity index (χ3v) is 3.21. The van der Waals surface area contributed by atoms with E-state index in [2.05, 4.69) is 16.7 Å². The molecule has 1 aliphatic carbocycles. The Morgan fingerprint density at radius 3 is 3.12 bits per heavy atom. The summed E-state index contributed by atoms with van der Waals surface area (Å²) in [6.45, 7) is 0.354. The molecule has 0 radical (unpaired) electrons. The minimum Gasteiger partial charge on any atom is -0.358 e. The number of aryl methyl sites for hydroxylation is 1. The Morgan fingerprint density at radius 2 is 2.38 bits per heavy atom. The molecular formula is C12H15ClN2O. The van der Waals surface area contributed by atoms with E-state index in [1.807, 2.05) is 12.1 Å². The number of hydrogen-bond acceptors (Lipinski definition) is 2. The molecule has 1 aromatic rings. The first-order valence-electron chi connectivity index (χ1n) is 5.43. The molecule has 3 nitrogen and oxygen atoms in total. The summed E-state index contributed by atoms with van der Waals surface area (Å²) in [4.78, 5) is 11.1. The van der Waals surface area contributed by atoms with Crippen LogP contribution in [-0.2, 0) is 11.2 Å². The van der Waals surface area contributed by atoms with Gasteiger partial charge < -0.3 is 10.6 Å². The van der Waals surface area contributed by atoms with E-state index in [1.54, 1.807) is 7.05 Å². The average Bonchev–Trinajstić information content (AvgIpc) is 2.68. The molecular weight excluding hydrogens is 224 g/mol. The molecule has 4 heteroatoms. The van der Waals surface area contributed by atoms with Crippen LogP contribution in [0.5, 0.6) is 0 Å². The van der Waals surface area contributed by atoms with Gasteiger partial charge in [-0.25, -0.2) is 0 Å². The maximum atomic E-state index is 11.1. The predicted molar refractivity (Wildman–Crippen MR) is 64.6 cm³/mol. The minimum absolute atomic E-state index is 0.00970. The fourth-order valence-electron chi connectivity index (χ4n) is 2.09. The molecule has 2 N–H and O–H groups in total. The molecule has 1 aliphatic rings. The molecule has 1 amide bonds. The number of carbonyl (C=O) groups excluding carboxylic acids is 1. The fourth-order valence-corrected chi connectivity index (χ4v) is 2.27. The summed E-state index contributed by atoms with van der Waals surface area (Å²) in [6.07, 6.45) is 2.09. The third kappa shape index (κ3) is 2.36. The maximum Gasteiger partial charge on any atom is 0.233 e. The molecule has 0 saturated heterocycles. The molecule has 0 aromatic heterocycles. The largest absolute Gasteiger partial charge is 0.358 e. The zero-order chi connectivity index (χ0) is 11.5. The number of hydrogen-bond donors (Lipinski definition) is 2. The van der Waals surface area contributed by atoms with Gasteiger partial charge in [-0.05, 0) is 36.1 Å². The van der Waals surface area contributed by atoms with Gasteiger partial charge in [-0.2, -0.15) is 0 Å². The van der Waals surface area contributed by atoms with Crippen molar-refractivity contribution in [3.8, 4) is 0 Å². The molecule has 2 rings (SSSR count). The van der Waals surface area contributed by atoms with E-state index in [0.717, 1.165) is 17.9 Å². The van der Waals surface area contributed by atoms with Crippen molar-refractivity contribution in [2.24, 2.45) is 0 Å². The smallest absolute Gasteiger partial charge is 0.233 e. The molecule has 0 fully saturated rings. The van der Waals surface area contributed by atoms with Gasteiger partial charge in [0.2, 0.25) is 5.91 Å². The van der Waals surface area contributed by atoms with Crippen LogP contribution in [0, 0.1) is 0 Å². The highest BCUT2D eigenvalue weighted by Gasteiger charge is 2.22. The molecule has 1 atom stereocenters. The Kier molecular flexibility index (Phi) is 3.46. The second-order valence-corrected chi connectivity index (χ2v) is 4.42. The van der Waals surface area contributed by atoms with Gasteiger partial charge >= 0.3 is 0 Å². The Balaban J connectivity index is 2.05. The molecule has 0 saturated carbocycles. The molecule has 16 heavy (non-hydrogen) atoms.